The molecule has 0 amide bonds. The molecule has 130 valence electrons. The summed E-state index contributed by atoms with van der Waals surface area (Å²) in [5.41, 5.74) is -1.62. The Bertz CT molecular complexity index is 654. The SMILES string of the molecule is COc1cc(OC)cc(OCCNc2ncnc(C(C)(C)F)n2)c1. The summed E-state index contributed by atoms with van der Waals surface area (Å²) in [5, 5.41) is 2.97. The van der Waals surface area contributed by atoms with Gasteiger partial charge in [0.05, 0.1) is 20.8 Å². The van der Waals surface area contributed by atoms with Gasteiger partial charge in [-0.2, -0.15) is 4.98 Å². The van der Waals surface area contributed by atoms with Crippen molar-refractivity contribution in [2.24, 2.45) is 0 Å². The van der Waals surface area contributed by atoms with E-state index in [0.717, 1.165) is 0 Å². The summed E-state index contributed by atoms with van der Waals surface area (Å²) in [6, 6.07) is 5.28. The van der Waals surface area contributed by atoms with Gasteiger partial charge >= 0.3 is 0 Å². The maximum absolute atomic E-state index is 13.8. The predicted molar refractivity (Wildman–Crippen MR) is 87.5 cm³/mol. The number of ether oxygens (including phenoxy) is 3. The second-order valence-corrected chi connectivity index (χ2v) is 5.43. The van der Waals surface area contributed by atoms with E-state index in [0.29, 0.717) is 36.3 Å². The minimum atomic E-state index is -1.62. The quantitative estimate of drug-likeness (QED) is 0.742. The Morgan fingerprint density at radius 3 is 2.25 bits per heavy atom. The van der Waals surface area contributed by atoms with Gasteiger partial charge in [-0.25, -0.2) is 14.4 Å². The summed E-state index contributed by atoms with van der Waals surface area (Å²) in [6.45, 7) is 3.59. The van der Waals surface area contributed by atoms with Crippen molar-refractivity contribution in [3.8, 4) is 17.2 Å². The van der Waals surface area contributed by atoms with Crippen molar-refractivity contribution in [1.29, 1.82) is 0 Å². The highest BCUT2D eigenvalue weighted by Gasteiger charge is 2.22. The molecule has 24 heavy (non-hydrogen) atoms. The number of nitrogens with zero attached hydrogens (tertiary/aromatic N) is 3. The van der Waals surface area contributed by atoms with Crippen LogP contribution in [0, 0.1) is 0 Å². The van der Waals surface area contributed by atoms with Crippen molar-refractivity contribution in [2.45, 2.75) is 19.5 Å². The molecule has 1 N–H and O–H groups in total. The van der Waals surface area contributed by atoms with E-state index in [1.54, 1.807) is 32.4 Å². The van der Waals surface area contributed by atoms with Crippen LogP contribution in [0.2, 0.25) is 0 Å². The van der Waals surface area contributed by atoms with Crippen molar-refractivity contribution in [2.75, 3.05) is 32.7 Å². The lowest BCUT2D eigenvalue weighted by Gasteiger charge is -2.13. The Morgan fingerprint density at radius 2 is 1.67 bits per heavy atom. The highest BCUT2D eigenvalue weighted by Crippen LogP contribution is 2.27. The first-order valence-electron chi connectivity index (χ1n) is 7.40. The van der Waals surface area contributed by atoms with E-state index in [-0.39, 0.29) is 5.82 Å². The van der Waals surface area contributed by atoms with Crippen LogP contribution < -0.4 is 19.5 Å². The molecule has 1 heterocycles. The molecule has 7 nitrogen and oxygen atoms in total. The molecule has 0 aliphatic heterocycles. The second kappa shape index (κ2) is 7.76. The zero-order valence-corrected chi connectivity index (χ0v) is 14.2. The molecule has 0 bridgehead atoms. The molecule has 0 spiro atoms. The second-order valence-electron chi connectivity index (χ2n) is 5.43. The van der Waals surface area contributed by atoms with Crippen molar-refractivity contribution in [1.82, 2.24) is 15.0 Å². The molecular weight excluding hydrogens is 315 g/mol. The van der Waals surface area contributed by atoms with E-state index in [2.05, 4.69) is 20.3 Å². The topological polar surface area (TPSA) is 78.4 Å². The number of alkyl halides is 1. The van der Waals surface area contributed by atoms with E-state index < -0.39 is 5.67 Å². The van der Waals surface area contributed by atoms with Gasteiger partial charge in [0, 0.05) is 18.2 Å². The maximum atomic E-state index is 13.8. The van der Waals surface area contributed by atoms with Crippen LogP contribution in [0.4, 0.5) is 10.3 Å². The lowest BCUT2D eigenvalue weighted by atomic mass is 10.1. The molecule has 0 fully saturated rings. The first-order valence-corrected chi connectivity index (χ1v) is 7.40. The number of hydrogen-bond acceptors (Lipinski definition) is 7. The zero-order chi connectivity index (χ0) is 17.6. The smallest absolute Gasteiger partial charge is 0.226 e. The molecule has 1 aromatic heterocycles. The standard InChI is InChI=1S/C16H21FN4O3/c1-16(2,17)14-19-10-20-15(21-14)18-5-6-24-13-8-11(22-3)7-12(9-13)23-4/h7-10H,5-6H2,1-4H3,(H,18,19,20,21). The van der Waals surface area contributed by atoms with Crippen LogP contribution in [-0.4, -0.2) is 42.3 Å². The van der Waals surface area contributed by atoms with Crippen molar-refractivity contribution in [3.05, 3.63) is 30.4 Å². The maximum Gasteiger partial charge on any atom is 0.226 e. The molecule has 0 atom stereocenters. The summed E-state index contributed by atoms with van der Waals surface area (Å²) >= 11 is 0. The zero-order valence-electron chi connectivity index (χ0n) is 14.2. The summed E-state index contributed by atoms with van der Waals surface area (Å²) < 4.78 is 29.8. The minimum absolute atomic E-state index is 0.0819. The van der Waals surface area contributed by atoms with Crippen LogP contribution in [0.5, 0.6) is 17.2 Å². The van der Waals surface area contributed by atoms with Gasteiger partial charge in [0.15, 0.2) is 11.5 Å². The first kappa shape index (κ1) is 17.7. The number of nitrogens with one attached hydrogen (secondary N) is 1. The van der Waals surface area contributed by atoms with Crippen LogP contribution in [0.3, 0.4) is 0 Å². The average molecular weight is 336 g/mol. The van der Waals surface area contributed by atoms with Gasteiger partial charge in [0.2, 0.25) is 5.95 Å². The van der Waals surface area contributed by atoms with E-state index in [9.17, 15) is 4.39 Å². The van der Waals surface area contributed by atoms with Gasteiger partial charge in [-0.15, -0.1) is 0 Å². The van der Waals surface area contributed by atoms with Gasteiger partial charge in [0.1, 0.15) is 30.2 Å². The summed E-state index contributed by atoms with van der Waals surface area (Å²) in [7, 11) is 3.15. The van der Waals surface area contributed by atoms with Crippen molar-refractivity contribution >= 4 is 5.95 Å². The third-order valence-electron chi connectivity index (χ3n) is 3.08. The first-order chi connectivity index (χ1) is 11.4. The normalized spacial score (nSPS) is 11.0. The largest absolute Gasteiger partial charge is 0.496 e. The number of benzene rings is 1. The van der Waals surface area contributed by atoms with Crippen LogP contribution in [0.1, 0.15) is 19.7 Å². The van der Waals surface area contributed by atoms with Crippen LogP contribution in [0.15, 0.2) is 24.5 Å². The van der Waals surface area contributed by atoms with Gasteiger partial charge in [-0.05, 0) is 13.8 Å². The molecule has 2 rings (SSSR count). The molecular formula is C16H21FN4O3. The summed E-state index contributed by atoms with van der Waals surface area (Å²) in [4.78, 5) is 11.8. The van der Waals surface area contributed by atoms with Crippen LogP contribution in [0.25, 0.3) is 0 Å². The fourth-order valence-electron chi connectivity index (χ4n) is 1.86. The Labute approximate surface area is 140 Å². The van der Waals surface area contributed by atoms with Gasteiger partial charge in [0.25, 0.3) is 0 Å². The average Bonchev–Trinajstić information content (AvgIpc) is 2.58. The number of hydrogen-bond donors (Lipinski definition) is 1. The lowest BCUT2D eigenvalue weighted by molar-refractivity contribution is 0.206. The highest BCUT2D eigenvalue weighted by atomic mass is 19.1. The summed E-state index contributed by atoms with van der Waals surface area (Å²) in [5.74, 6) is 2.29. The number of rotatable bonds is 8. The Morgan fingerprint density at radius 1 is 1.04 bits per heavy atom. The Kier molecular flexibility index (Phi) is 5.73. The molecule has 0 saturated carbocycles. The fraction of sp³-hybridized carbons (Fsp3) is 0.438. The molecule has 0 saturated heterocycles. The predicted octanol–water partition coefficient (Wildman–Crippen LogP) is 2.58. The van der Waals surface area contributed by atoms with E-state index in [1.165, 1.54) is 20.2 Å². The molecule has 0 aliphatic rings. The lowest BCUT2D eigenvalue weighted by Crippen LogP contribution is -2.18. The van der Waals surface area contributed by atoms with Gasteiger partial charge < -0.3 is 19.5 Å². The number of anilines is 1. The Hall–Kier alpha value is -2.64. The number of aromatic nitrogens is 3. The Balaban J connectivity index is 1.89. The third-order valence-corrected chi connectivity index (χ3v) is 3.08. The minimum Gasteiger partial charge on any atom is -0.496 e. The highest BCUT2D eigenvalue weighted by molar-refractivity contribution is 5.42. The van der Waals surface area contributed by atoms with Gasteiger partial charge in [-0.3, -0.25) is 0 Å². The molecule has 1 aromatic carbocycles. The van der Waals surface area contributed by atoms with Crippen molar-refractivity contribution < 1.29 is 18.6 Å². The van der Waals surface area contributed by atoms with Crippen LogP contribution >= 0.6 is 0 Å². The number of methoxy groups -OCH3 is 2. The molecule has 0 aliphatic carbocycles. The third kappa shape index (κ3) is 4.94. The summed E-state index contributed by atoms with van der Waals surface area (Å²) in [6.07, 6.45) is 1.28. The number of halogens is 1. The molecule has 2 aromatic rings. The molecule has 0 radical (unpaired) electrons. The monoisotopic (exact) mass is 336 g/mol. The fourth-order valence-corrected chi connectivity index (χ4v) is 1.86. The van der Waals surface area contributed by atoms with E-state index >= 15 is 0 Å². The van der Waals surface area contributed by atoms with E-state index in [1.807, 2.05) is 0 Å². The molecule has 0 unspecified atom stereocenters. The molecule has 8 heteroatoms. The van der Waals surface area contributed by atoms with Crippen molar-refractivity contribution in [3.63, 3.8) is 0 Å². The van der Waals surface area contributed by atoms with Crippen LogP contribution in [-0.2, 0) is 5.67 Å². The van der Waals surface area contributed by atoms with E-state index in [4.69, 9.17) is 14.2 Å². The van der Waals surface area contributed by atoms with Gasteiger partial charge in [-0.1, -0.05) is 0 Å².